The molecule has 0 radical (unpaired) electrons. The molecule has 15 heavy (non-hydrogen) atoms. The van der Waals surface area contributed by atoms with Crippen molar-refractivity contribution in [2.45, 2.75) is 10.00 Å². The Labute approximate surface area is 120 Å². The second-order valence-electron chi connectivity index (χ2n) is 2.91. The Morgan fingerprint density at radius 1 is 1.20 bits per heavy atom. The lowest BCUT2D eigenvalue weighted by Crippen LogP contribution is -2.45. The number of thiol groups is 6. The van der Waals surface area contributed by atoms with Gasteiger partial charge in [0.05, 0.1) is 5.25 Å². The van der Waals surface area contributed by atoms with E-state index in [0.717, 1.165) is 0 Å². The van der Waals surface area contributed by atoms with E-state index in [2.05, 4.69) is 75.8 Å². The fraction of sp³-hybridized carbons (Fsp3) is 0.286. The van der Waals surface area contributed by atoms with Crippen LogP contribution in [-0.2, 0) is 4.79 Å². The lowest BCUT2D eigenvalue weighted by Gasteiger charge is -2.35. The fourth-order valence-corrected chi connectivity index (χ4v) is 3.45. The Hall–Kier alpha value is 1.05. The highest BCUT2D eigenvalue weighted by Crippen LogP contribution is 2.49. The third kappa shape index (κ3) is 2.09. The molecule has 0 aromatic carbocycles. The van der Waals surface area contributed by atoms with Gasteiger partial charge in [0, 0.05) is 19.6 Å². The summed E-state index contributed by atoms with van der Waals surface area (Å²) in [5.74, 6) is -1.14. The predicted molar refractivity (Wildman–Crippen MR) is 82.1 cm³/mol. The second kappa shape index (κ2) is 4.73. The van der Waals surface area contributed by atoms with E-state index < -0.39 is 16.0 Å². The Balaban J connectivity index is 3.45. The van der Waals surface area contributed by atoms with Gasteiger partial charge in [0.2, 0.25) is 0 Å². The van der Waals surface area contributed by atoms with E-state index in [-0.39, 0.29) is 4.91 Å². The van der Waals surface area contributed by atoms with E-state index >= 15 is 0 Å². The van der Waals surface area contributed by atoms with E-state index in [1.54, 1.807) is 0 Å². The summed E-state index contributed by atoms with van der Waals surface area (Å²) >= 11 is 24.9. The molecule has 0 spiro atoms. The molecule has 2 atom stereocenters. The molecule has 1 rings (SSSR count). The first-order valence-corrected chi connectivity index (χ1v) is 6.38. The normalized spacial score (nSPS) is 32.3. The summed E-state index contributed by atoms with van der Waals surface area (Å²) in [7, 11) is 0. The zero-order chi connectivity index (χ0) is 12.0. The minimum atomic E-state index is -1.52. The molecule has 0 heterocycles. The van der Waals surface area contributed by atoms with Crippen molar-refractivity contribution in [2.75, 3.05) is 0 Å². The van der Waals surface area contributed by atoms with Crippen molar-refractivity contribution in [1.29, 1.82) is 0 Å². The van der Waals surface area contributed by atoms with Crippen molar-refractivity contribution in [3.05, 3.63) is 19.6 Å². The van der Waals surface area contributed by atoms with Crippen LogP contribution in [0.15, 0.2) is 19.6 Å². The van der Waals surface area contributed by atoms with Gasteiger partial charge in [0.25, 0.3) is 0 Å². The van der Waals surface area contributed by atoms with Gasteiger partial charge in [-0.05, 0) is 0 Å². The number of carboxylic acids is 1. The molecule has 0 amide bonds. The third-order valence-corrected chi connectivity index (χ3v) is 6.43. The Morgan fingerprint density at radius 2 is 1.67 bits per heavy atom. The molecule has 0 aromatic rings. The lowest BCUT2D eigenvalue weighted by atomic mass is 9.98. The third-order valence-electron chi connectivity index (χ3n) is 2.03. The number of rotatable bonds is 1. The highest BCUT2D eigenvalue weighted by Gasteiger charge is 2.48. The van der Waals surface area contributed by atoms with Crippen LogP contribution < -0.4 is 0 Å². The average molecular weight is 317 g/mol. The molecular formula is C7H8O2S6. The summed E-state index contributed by atoms with van der Waals surface area (Å²) in [5.41, 5.74) is 0. The summed E-state index contributed by atoms with van der Waals surface area (Å²) in [4.78, 5) is 12.6. The highest BCUT2D eigenvalue weighted by molar-refractivity contribution is 7.96. The fourth-order valence-electron chi connectivity index (χ4n) is 1.09. The maximum atomic E-state index is 11.2. The molecule has 1 aliphatic rings. The lowest BCUT2D eigenvalue weighted by molar-refractivity contribution is -0.138. The zero-order valence-corrected chi connectivity index (χ0v) is 12.5. The molecule has 2 unspecified atom stereocenters. The standard InChI is InChI=1S/C7H8O2S6/c8-6(9)7(15)4(13)2(11)1(10)3(12)5(7)14/h4,10-15H,(H,8,9). The number of hydrogen-bond donors (Lipinski definition) is 7. The van der Waals surface area contributed by atoms with Crippen molar-refractivity contribution < 1.29 is 9.90 Å². The van der Waals surface area contributed by atoms with Gasteiger partial charge in [0.1, 0.15) is 0 Å². The molecule has 84 valence electrons. The van der Waals surface area contributed by atoms with Crippen molar-refractivity contribution >= 4 is 81.7 Å². The summed E-state index contributed by atoms with van der Waals surface area (Å²) < 4.78 is -1.52. The monoisotopic (exact) mass is 316 g/mol. The van der Waals surface area contributed by atoms with Gasteiger partial charge in [-0.2, -0.15) is 25.3 Å². The average Bonchev–Trinajstić information content (AvgIpc) is 2.20. The number of aliphatic carboxylic acids is 1. The first kappa shape index (κ1) is 14.1. The van der Waals surface area contributed by atoms with Crippen LogP contribution in [0.25, 0.3) is 0 Å². The first-order chi connectivity index (χ1) is 6.74. The van der Waals surface area contributed by atoms with E-state index in [9.17, 15) is 4.79 Å². The number of carbonyl (C=O) groups is 1. The quantitative estimate of drug-likeness (QED) is 0.379. The van der Waals surface area contributed by atoms with Gasteiger partial charge < -0.3 is 5.11 Å². The van der Waals surface area contributed by atoms with Crippen molar-refractivity contribution in [3.8, 4) is 0 Å². The SMILES string of the molecule is O=C(O)C1(S)C(S)=C(S)C(S)=C(S)C1S. The van der Waals surface area contributed by atoms with E-state index in [1.165, 1.54) is 0 Å². The van der Waals surface area contributed by atoms with E-state index in [0.29, 0.717) is 14.7 Å². The van der Waals surface area contributed by atoms with Crippen LogP contribution >= 0.6 is 75.8 Å². The minimum absolute atomic E-state index is 0.212. The largest absolute Gasteiger partial charge is 0.480 e. The molecule has 0 aliphatic heterocycles. The van der Waals surface area contributed by atoms with Gasteiger partial charge in [-0.3, -0.25) is 4.79 Å². The van der Waals surface area contributed by atoms with Gasteiger partial charge in [-0.15, -0.1) is 50.5 Å². The molecule has 2 nitrogen and oxygen atoms in total. The Morgan fingerprint density at radius 3 is 2.07 bits per heavy atom. The first-order valence-electron chi connectivity index (χ1n) is 3.63. The Kier molecular flexibility index (Phi) is 4.45. The molecular weight excluding hydrogens is 308 g/mol. The van der Waals surface area contributed by atoms with Crippen LogP contribution in [0.5, 0.6) is 0 Å². The van der Waals surface area contributed by atoms with Crippen LogP contribution in [0.4, 0.5) is 0 Å². The van der Waals surface area contributed by atoms with Crippen LogP contribution in [0.1, 0.15) is 0 Å². The molecule has 0 aromatic heterocycles. The number of hydrogen-bond acceptors (Lipinski definition) is 7. The van der Waals surface area contributed by atoms with Gasteiger partial charge in [0.15, 0.2) is 4.75 Å². The van der Waals surface area contributed by atoms with E-state index in [4.69, 9.17) is 5.11 Å². The molecule has 0 saturated carbocycles. The molecule has 8 heteroatoms. The molecule has 0 bridgehead atoms. The summed E-state index contributed by atoms with van der Waals surface area (Å²) in [6.45, 7) is 0. The molecule has 1 N–H and O–H groups in total. The van der Waals surface area contributed by atoms with Crippen molar-refractivity contribution in [1.82, 2.24) is 0 Å². The Bertz CT molecular complexity index is 387. The summed E-state index contributed by atoms with van der Waals surface area (Å²) in [6, 6.07) is 0. The summed E-state index contributed by atoms with van der Waals surface area (Å²) in [6.07, 6.45) is 0. The second-order valence-corrected chi connectivity index (χ2v) is 5.95. The smallest absolute Gasteiger partial charge is 0.326 e. The maximum absolute atomic E-state index is 11.2. The van der Waals surface area contributed by atoms with Crippen molar-refractivity contribution in [2.24, 2.45) is 0 Å². The molecule has 0 saturated heterocycles. The van der Waals surface area contributed by atoms with Crippen molar-refractivity contribution in [3.63, 3.8) is 0 Å². The van der Waals surface area contributed by atoms with E-state index in [1.807, 2.05) is 0 Å². The maximum Gasteiger partial charge on any atom is 0.326 e. The van der Waals surface area contributed by atoms with Gasteiger partial charge >= 0.3 is 5.97 Å². The van der Waals surface area contributed by atoms with Crippen LogP contribution in [0.3, 0.4) is 0 Å². The van der Waals surface area contributed by atoms with Gasteiger partial charge in [-0.1, -0.05) is 0 Å². The summed E-state index contributed by atoms with van der Waals surface area (Å²) in [5, 5.41) is 8.43. The van der Waals surface area contributed by atoms with Gasteiger partial charge in [-0.25, -0.2) is 0 Å². The predicted octanol–water partition coefficient (Wildman–Crippen LogP) is 2.19. The zero-order valence-electron chi connectivity index (χ0n) is 7.12. The van der Waals surface area contributed by atoms with Crippen LogP contribution in [0.2, 0.25) is 0 Å². The molecule has 1 aliphatic carbocycles. The van der Waals surface area contributed by atoms with Crippen LogP contribution in [0, 0.1) is 0 Å². The molecule has 0 fully saturated rings. The topological polar surface area (TPSA) is 37.3 Å². The number of carboxylic acid groups (broad SMARTS) is 1. The highest BCUT2D eigenvalue weighted by atomic mass is 32.1. The van der Waals surface area contributed by atoms with Crippen LogP contribution in [-0.4, -0.2) is 21.1 Å². The minimum Gasteiger partial charge on any atom is -0.480 e.